The summed E-state index contributed by atoms with van der Waals surface area (Å²) in [6.45, 7) is 1.89. The van der Waals surface area contributed by atoms with Gasteiger partial charge in [0.2, 0.25) is 0 Å². The molecule has 114 valence electrons. The summed E-state index contributed by atoms with van der Waals surface area (Å²) in [4.78, 5) is 13.6. The van der Waals surface area contributed by atoms with Gasteiger partial charge in [0.1, 0.15) is 0 Å². The third kappa shape index (κ3) is 3.22. The van der Waals surface area contributed by atoms with Crippen LogP contribution in [0.1, 0.15) is 17.4 Å². The number of azide groups is 1. The SMILES string of the molecule is CCOC(=O)c1cn(-c2ccc(S(=O)(=O)N=[N+]=[N-])cc2)nn1. The van der Waals surface area contributed by atoms with E-state index in [2.05, 4.69) is 19.7 Å². The second kappa shape index (κ2) is 6.24. The normalized spacial score (nSPS) is 10.8. The van der Waals surface area contributed by atoms with Crippen molar-refractivity contribution in [1.29, 1.82) is 0 Å². The summed E-state index contributed by atoms with van der Waals surface area (Å²) < 4.78 is 31.9. The first-order chi connectivity index (χ1) is 10.5. The molecule has 0 saturated carbocycles. The largest absolute Gasteiger partial charge is 0.461 e. The quantitative estimate of drug-likeness (QED) is 0.353. The van der Waals surface area contributed by atoms with E-state index in [-0.39, 0.29) is 17.2 Å². The molecule has 0 unspecified atom stereocenters. The molecule has 2 aromatic rings. The Kier molecular flexibility index (Phi) is 4.39. The molecule has 0 amide bonds. The molecule has 0 fully saturated rings. The van der Waals surface area contributed by atoms with Crippen LogP contribution >= 0.6 is 0 Å². The first-order valence-electron chi connectivity index (χ1n) is 5.99. The topological polar surface area (TPSA) is 140 Å². The Morgan fingerprint density at radius 1 is 1.41 bits per heavy atom. The molecule has 0 atom stereocenters. The van der Waals surface area contributed by atoms with E-state index >= 15 is 0 Å². The molecule has 22 heavy (non-hydrogen) atoms. The molecule has 0 radical (unpaired) electrons. The van der Waals surface area contributed by atoms with E-state index in [9.17, 15) is 13.2 Å². The van der Waals surface area contributed by atoms with Crippen molar-refractivity contribution in [2.24, 2.45) is 4.52 Å². The fraction of sp³-hybridized carbons (Fsp3) is 0.182. The van der Waals surface area contributed by atoms with Crippen molar-refractivity contribution in [1.82, 2.24) is 15.0 Å². The van der Waals surface area contributed by atoms with Crippen LogP contribution in [-0.4, -0.2) is 36.0 Å². The smallest absolute Gasteiger partial charge is 0.360 e. The average molecular weight is 322 g/mol. The van der Waals surface area contributed by atoms with Crippen molar-refractivity contribution in [2.75, 3.05) is 6.61 Å². The minimum Gasteiger partial charge on any atom is -0.461 e. The van der Waals surface area contributed by atoms with Gasteiger partial charge in [0.15, 0.2) is 5.69 Å². The van der Waals surface area contributed by atoms with E-state index in [1.165, 1.54) is 35.1 Å². The first kappa shape index (κ1) is 15.5. The number of nitrogens with zero attached hydrogens (tertiary/aromatic N) is 6. The van der Waals surface area contributed by atoms with E-state index in [0.29, 0.717) is 5.69 Å². The number of carbonyl (C=O) groups is 1. The summed E-state index contributed by atoms with van der Waals surface area (Å²) in [6.07, 6.45) is 1.36. The molecule has 0 aliphatic carbocycles. The molecule has 0 aliphatic rings. The van der Waals surface area contributed by atoms with Gasteiger partial charge in [-0.3, -0.25) is 0 Å². The highest BCUT2D eigenvalue weighted by molar-refractivity contribution is 7.90. The van der Waals surface area contributed by atoms with Gasteiger partial charge in [-0.2, -0.15) is 0 Å². The molecule has 1 aromatic heterocycles. The monoisotopic (exact) mass is 322 g/mol. The van der Waals surface area contributed by atoms with Gasteiger partial charge in [-0.05, 0) is 36.7 Å². The summed E-state index contributed by atoms with van der Waals surface area (Å²) >= 11 is 0. The molecule has 1 heterocycles. The van der Waals surface area contributed by atoms with Gasteiger partial charge in [-0.15, -0.1) is 5.10 Å². The number of hydrogen-bond donors (Lipinski definition) is 0. The Hall–Kier alpha value is -2.91. The van der Waals surface area contributed by atoms with E-state index < -0.39 is 16.0 Å². The lowest BCUT2D eigenvalue weighted by Crippen LogP contribution is -2.04. The van der Waals surface area contributed by atoms with Crippen LogP contribution in [-0.2, 0) is 14.8 Å². The lowest BCUT2D eigenvalue weighted by atomic mass is 10.3. The molecule has 2 rings (SSSR count). The highest BCUT2D eigenvalue weighted by Gasteiger charge is 2.14. The third-order valence-electron chi connectivity index (χ3n) is 2.52. The van der Waals surface area contributed by atoms with E-state index in [0.717, 1.165) is 0 Å². The van der Waals surface area contributed by atoms with Crippen LogP contribution < -0.4 is 0 Å². The predicted octanol–water partition coefficient (Wildman–Crippen LogP) is 1.44. The molecule has 1 aromatic carbocycles. The Bertz CT molecular complexity index is 836. The van der Waals surface area contributed by atoms with E-state index in [4.69, 9.17) is 10.3 Å². The third-order valence-corrected chi connectivity index (χ3v) is 3.68. The lowest BCUT2D eigenvalue weighted by Gasteiger charge is -2.01. The molecule has 10 nitrogen and oxygen atoms in total. The maximum atomic E-state index is 11.5. The van der Waals surface area contributed by atoms with Gasteiger partial charge in [0.25, 0.3) is 10.0 Å². The maximum Gasteiger partial charge on any atom is 0.360 e. The second-order valence-corrected chi connectivity index (χ2v) is 5.49. The highest BCUT2D eigenvalue weighted by Crippen LogP contribution is 2.15. The number of sulfonamides is 1. The van der Waals surface area contributed by atoms with Crippen molar-refractivity contribution in [3.63, 3.8) is 0 Å². The summed E-state index contributed by atoms with van der Waals surface area (Å²) in [5.74, 6) is -0.601. The molecular weight excluding hydrogens is 312 g/mol. The number of carbonyl (C=O) groups excluding carboxylic acids is 1. The van der Waals surface area contributed by atoms with Crippen molar-refractivity contribution >= 4 is 16.0 Å². The Balaban J connectivity index is 2.28. The molecule has 0 aliphatic heterocycles. The second-order valence-electron chi connectivity index (χ2n) is 3.91. The lowest BCUT2D eigenvalue weighted by molar-refractivity contribution is 0.0519. The Labute approximate surface area is 125 Å². The van der Waals surface area contributed by atoms with Gasteiger partial charge in [0, 0.05) is 9.43 Å². The van der Waals surface area contributed by atoms with E-state index in [1.807, 2.05) is 0 Å². The van der Waals surface area contributed by atoms with E-state index in [1.54, 1.807) is 6.92 Å². The van der Waals surface area contributed by atoms with Crippen LogP contribution in [0.25, 0.3) is 16.1 Å². The van der Waals surface area contributed by atoms with Crippen LogP contribution in [0.3, 0.4) is 0 Å². The number of esters is 1. The number of aromatic nitrogens is 3. The summed E-state index contributed by atoms with van der Waals surface area (Å²) in [5, 5.41) is 7.42. The zero-order valence-electron chi connectivity index (χ0n) is 11.3. The fourth-order valence-corrected chi connectivity index (χ4v) is 2.23. The van der Waals surface area contributed by atoms with Gasteiger partial charge >= 0.3 is 5.97 Å². The minimum absolute atomic E-state index is 0.0348. The Morgan fingerprint density at radius 2 is 2.09 bits per heavy atom. The Morgan fingerprint density at radius 3 is 2.68 bits per heavy atom. The molecule has 0 spiro atoms. The van der Waals surface area contributed by atoms with Gasteiger partial charge < -0.3 is 4.74 Å². The van der Waals surface area contributed by atoms with Gasteiger partial charge in [-0.1, -0.05) is 5.21 Å². The summed E-state index contributed by atoms with van der Waals surface area (Å²) in [7, 11) is -4.04. The van der Waals surface area contributed by atoms with Crippen LogP contribution in [0.2, 0.25) is 0 Å². The van der Waals surface area contributed by atoms with Crippen molar-refractivity contribution in [2.45, 2.75) is 11.8 Å². The number of ether oxygens (including phenoxy) is 1. The maximum absolute atomic E-state index is 11.5. The highest BCUT2D eigenvalue weighted by atomic mass is 32.2. The van der Waals surface area contributed by atoms with Crippen molar-refractivity contribution < 1.29 is 17.9 Å². The number of benzene rings is 1. The molecular formula is C11H10N6O4S. The van der Waals surface area contributed by atoms with Crippen molar-refractivity contribution in [3.8, 4) is 5.69 Å². The molecule has 0 N–H and O–H groups in total. The number of rotatable bonds is 5. The predicted molar refractivity (Wildman–Crippen MR) is 73.6 cm³/mol. The van der Waals surface area contributed by atoms with Crippen LogP contribution in [0.15, 0.2) is 39.9 Å². The summed E-state index contributed by atoms with van der Waals surface area (Å²) in [6, 6.07) is 5.38. The molecule has 11 heteroatoms. The standard InChI is InChI=1S/C11H10N6O4S/c1-2-21-11(18)10-7-17(15-13-10)8-3-5-9(6-4-8)22(19,20)16-14-12/h3-7H,2H2,1H3. The van der Waals surface area contributed by atoms with Crippen LogP contribution in [0.5, 0.6) is 0 Å². The zero-order chi connectivity index (χ0) is 16.2. The fourth-order valence-electron chi connectivity index (χ4n) is 1.55. The van der Waals surface area contributed by atoms with Gasteiger partial charge in [-0.25, -0.2) is 17.9 Å². The zero-order valence-corrected chi connectivity index (χ0v) is 12.1. The van der Waals surface area contributed by atoms with Crippen LogP contribution in [0, 0.1) is 0 Å². The average Bonchev–Trinajstić information content (AvgIpc) is 2.97. The van der Waals surface area contributed by atoms with Crippen molar-refractivity contribution in [3.05, 3.63) is 46.6 Å². The van der Waals surface area contributed by atoms with Crippen LogP contribution in [0.4, 0.5) is 0 Å². The summed E-state index contributed by atoms with van der Waals surface area (Å²) in [5.41, 5.74) is 8.72. The first-order valence-corrected chi connectivity index (χ1v) is 7.43. The minimum atomic E-state index is -4.04. The molecule has 0 bridgehead atoms. The molecule has 0 saturated heterocycles. The number of hydrogen-bond acceptors (Lipinski definition) is 6. The van der Waals surface area contributed by atoms with Gasteiger partial charge in [0.05, 0.1) is 23.4 Å².